The zero-order valence-electron chi connectivity index (χ0n) is 17.6. The lowest BCUT2D eigenvalue weighted by molar-refractivity contribution is 0.0337. The van der Waals surface area contributed by atoms with Crippen LogP contribution >= 0.6 is 11.6 Å². The Balaban J connectivity index is 1.71. The predicted molar refractivity (Wildman–Crippen MR) is 122 cm³/mol. The van der Waals surface area contributed by atoms with E-state index in [9.17, 15) is 5.26 Å². The van der Waals surface area contributed by atoms with Gasteiger partial charge in [-0.25, -0.2) is 14.5 Å². The molecular formula is C24H21ClN6O. The number of hydrogen-bond donors (Lipinski definition) is 0. The van der Waals surface area contributed by atoms with Crippen LogP contribution in [0.1, 0.15) is 17.0 Å². The molecule has 0 atom stereocenters. The van der Waals surface area contributed by atoms with E-state index < -0.39 is 0 Å². The largest absolute Gasteiger partial charge is 0.379 e. The van der Waals surface area contributed by atoms with Crippen LogP contribution in [0.2, 0.25) is 5.15 Å². The van der Waals surface area contributed by atoms with Gasteiger partial charge in [0.2, 0.25) is 0 Å². The molecule has 0 N–H and O–H groups in total. The highest BCUT2D eigenvalue weighted by Gasteiger charge is 2.21. The normalized spacial score (nSPS) is 14.5. The SMILES string of the molecule is Cc1cc(-c2c(-c3ccccc3C#N)nn3ccc(CN4CCOCC4)nc23)cc(Cl)n1. The summed E-state index contributed by atoms with van der Waals surface area (Å²) in [5.74, 6) is 0. The monoisotopic (exact) mass is 444 g/mol. The lowest BCUT2D eigenvalue weighted by Crippen LogP contribution is -2.35. The lowest BCUT2D eigenvalue weighted by atomic mass is 9.98. The van der Waals surface area contributed by atoms with Gasteiger partial charge in [0.1, 0.15) is 10.8 Å². The van der Waals surface area contributed by atoms with Gasteiger partial charge in [-0.2, -0.15) is 10.4 Å². The summed E-state index contributed by atoms with van der Waals surface area (Å²) >= 11 is 6.31. The van der Waals surface area contributed by atoms with E-state index in [-0.39, 0.29) is 0 Å². The molecule has 1 aliphatic rings. The van der Waals surface area contributed by atoms with Crippen molar-refractivity contribution in [2.75, 3.05) is 26.3 Å². The Morgan fingerprint density at radius 1 is 1.12 bits per heavy atom. The van der Waals surface area contributed by atoms with Crippen molar-refractivity contribution < 1.29 is 4.74 Å². The average Bonchev–Trinajstić information content (AvgIpc) is 3.18. The van der Waals surface area contributed by atoms with Crippen LogP contribution in [0.4, 0.5) is 0 Å². The summed E-state index contributed by atoms with van der Waals surface area (Å²) in [7, 11) is 0. The van der Waals surface area contributed by atoms with Gasteiger partial charge >= 0.3 is 0 Å². The molecule has 0 saturated carbocycles. The highest BCUT2D eigenvalue weighted by molar-refractivity contribution is 6.29. The zero-order valence-corrected chi connectivity index (χ0v) is 18.4. The van der Waals surface area contributed by atoms with E-state index in [2.05, 4.69) is 16.0 Å². The first-order valence-electron chi connectivity index (χ1n) is 10.4. The van der Waals surface area contributed by atoms with Gasteiger partial charge in [-0.3, -0.25) is 4.90 Å². The predicted octanol–water partition coefficient (Wildman–Crippen LogP) is 4.12. The number of fused-ring (bicyclic) bond motifs is 1. The molecule has 3 aromatic heterocycles. The van der Waals surface area contributed by atoms with Crippen LogP contribution in [0.3, 0.4) is 0 Å². The molecule has 0 spiro atoms. The van der Waals surface area contributed by atoms with Gasteiger partial charge in [-0.15, -0.1) is 0 Å². The highest BCUT2D eigenvalue weighted by Crippen LogP contribution is 2.37. The van der Waals surface area contributed by atoms with Crippen molar-refractivity contribution in [1.29, 1.82) is 5.26 Å². The van der Waals surface area contributed by atoms with Gasteiger partial charge < -0.3 is 4.74 Å². The maximum Gasteiger partial charge on any atom is 0.163 e. The van der Waals surface area contributed by atoms with E-state index in [1.54, 1.807) is 10.6 Å². The van der Waals surface area contributed by atoms with E-state index in [0.717, 1.165) is 66.6 Å². The third-order valence-corrected chi connectivity index (χ3v) is 5.74. The Morgan fingerprint density at radius 2 is 1.94 bits per heavy atom. The van der Waals surface area contributed by atoms with Crippen molar-refractivity contribution in [3.63, 3.8) is 0 Å². The summed E-state index contributed by atoms with van der Waals surface area (Å²) in [5, 5.41) is 14.9. The number of aromatic nitrogens is 4. The van der Waals surface area contributed by atoms with Gasteiger partial charge in [-0.1, -0.05) is 29.8 Å². The van der Waals surface area contributed by atoms with Crippen LogP contribution in [0.25, 0.3) is 28.0 Å². The van der Waals surface area contributed by atoms with E-state index in [4.69, 9.17) is 26.4 Å². The summed E-state index contributed by atoms with van der Waals surface area (Å²) in [6.07, 6.45) is 1.93. The molecule has 160 valence electrons. The van der Waals surface area contributed by atoms with E-state index in [1.165, 1.54) is 0 Å². The van der Waals surface area contributed by atoms with Crippen LogP contribution < -0.4 is 0 Å². The second kappa shape index (κ2) is 8.67. The fourth-order valence-electron chi connectivity index (χ4n) is 4.06. The number of halogens is 1. The van der Waals surface area contributed by atoms with Crippen LogP contribution in [0, 0.1) is 18.3 Å². The van der Waals surface area contributed by atoms with Crippen molar-refractivity contribution in [2.45, 2.75) is 13.5 Å². The molecule has 7 nitrogen and oxygen atoms in total. The molecule has 1 fully saturated rings. The third-order valence-electron chi connectivity index (χ3n) is 5.55. The van der Waals surface area contributed by atoms with Crippen molar-refractivity contribution in [3.8, 4) is 28.5 Å². The molecule has 5 rings (SSSR count). The molecule has 1 aliphatic heterocycles. The Morgan fingerprint density at radius 3 is 2.72 bits per heavy atom. The molecule has 1 saturated heterocycles. The van der Waals surface area contributed by atoms with Crippen molar-refractivity contribution in [2.24, 2.45) is 0 Å². The zero-order chi connectivity index (χ0) is 22.1. The van der Waals surface area contributed by atoms with E-state index in [0.29, 0.717) is 16.4 Å². The Labute approximate surface area is 190 Å². The van der Waals surface area contributed by atoms with Crippen molar-refractivity contribution in [1.82, 2.24) is 24.5 Å². The van der Waals surface area contributed by atoms with Crippen LogP contribution in [0.5, 0.6) is 0 Å². The third kappa shape index (κ3) is 3.96. The first-order valence-corrected chi connectivity index (χ1v) is 10.8. The first kappa shape index (κ1) is 20.6. The van der Waals surface area contributed by atoms with E-state index >= 15 is 0 Å². The number of rotatable bonds is 4. The summed E-state index contributed by atoms with van der Waals surface area (Å²) in [5.41, 5.74) is 6.20. The number of morpholine rings is 1. The number of pyridine rings is 1. The molecule has 0 bridgehead atoms. The maximum atomic E-state index is 9.68. The quantitative estimate of drug-likeness (QED) is 0.440. The summed E-state index contributed by atoms with van der Waals surface area (Å²) < 4.78 is 7.23. The molecule has 1 aromatic carbocycles. The highest BCUT2D eigenvalue weighted by atomic mass is 35.5. The molecule has 32 heavy (non-hydrogen) atoms. The van der Waals surface area contributed by atoms with E-state index in [1.807, 2.05) is 49.5 Å². The molecule has 0 amide bonds. The fourth-order valence-corrected chi connectivity index (χ4v) is 4.31. The molecule has 0 radical (unpaired) electrons. The second-order valence-electron chi connectivity index (χ2n) is 7.78. The van der Waals surface area contributed by atoms with Crippen LogP contribution in [0.15, 0.2) is 48.7 Å². The second-order valence-corrected chi connectivity index (χ2v) is 8.16. The van der Waals surface area contributed by atoms with Gasteiger partial charge in [0.05, 0.1) is 36.1 Å². The topological polar surface area (TPSA) is 79.3 Å². The van der Waals surface area contributed by atoms with Gasteiger partial charge in [-0.05, 0) is 36.8 Å². The minimum atomic E-state index is 0.406. The molecule has 0 unspecified atom stereocenters. The average molecular weight is 445 g/mol. The fraction of sp³-hybridized carbons (Fsp3) is 0.250. The van der Waals surface area contributed by atoms with Crippen LogP contribution in [-0.4, -0.2) is 50.8 Å². The van der Waals surface area contributed by atoms with Crippen molar-refractivity contribution in [3.05, 3.63) is 70.8 Å². The Hall–Kier alpha value is -3.31. The van der Waals surface area contributed by atoms with Gasteiger partial charge in [0.25, 0.3) is 0 Å². The summed E-state index contributed by atoms with van der Waals surface area (Å²) in [6, 6.07) is 15.5. The number of ether oxygens (including phenoxy) is 1. The summed E-state index contributed by atoms with van der Waals surface area (Å²) in [6.45, 7) is 5.90. The standard InChI is InChI=1S/C24H21ClN6O/c1-16-12-18(13-21(25)27-16)22-23(20-5-3-2-4-17(20)14-26)29-31-7-6-19(28-24(22)31)15-30-8-10-32-11-9-30/h2-7,12-13H,8-11,15H2,1H3. The van der Waals surface area contributed by atoms with Crippen LogP contribution in [-0.2, 0) is 11.3 Å². The summed E-state index contributed by atoms with van der Waals surface area (Å²) in [4.78, 5) is 11.6. The first-order chi connectivity index (χ1) is 15.6. The molecule has 0 aliphatic carbocycles. The number of benzene rings is 1. The number of hydrogen-bond acceptors (Lipinski definition) is 6. The van der Waals surface area contributed by atoms with Gasteiger partial charge in [0.15, 0.2) is 5.65 Å². The van der Waals surface area contributed by atoms with Crippen molar-refractivity contribution >= 4 is 17.2 Å². The molecular weight excluding hydrogens is 424 g/mol. The smallest absolute Gasteiger partial charge is 0.163 e. The molecule has 4 aromatic rings. The number of nitrogens with zero attached hydrogens (tertiary/aromatic N) is 6. The lowest BCUT2D eigenvalue weighted by Gasteiger charge is -2.26. The Bertz CT molecular complexity index is 1320. The van der Waals surface area contributed by atoms with Gasteiger partial charge in [0, 0.05) is 37.1 Å². The number of nitriles is 1. The minimum Gasteiger partial charge on any atom is -0.379 e. The molecule has 8 heteroatoms. The number of aryl methyl sites for hydroxylation is 1. The Kier molecular flexibility index (Phi) is 5.58. The maximum absolute atomic E-state index is 9.68. The molecule has 4 heterocycles. The minimum absolute atomic E-state index is 0.406.